The molecule has 0 bridgehead atoms. The Labute approximate surface area is 106 Å². The molecule has 5 heteroatoms. The summed E-state index contributed by atoms with van der Waals surface area (Å²) in [6, 6.07) is 3.44. The molecule has 18 heavy (non-hydrogen) atoms. The number of ether oxygens (including phenoxy) is 3. The van der Waals surface area contributed by atoms with Crippen LogP contribution in [0.2, 0.25) is 0 Å². The Morgan fingerprint density at radius 1 is 1.11 bits per heavy atom. The van der Waals surface area contributed by atoms with Crippen molar-refractivity contribution in [3.05, 3.63) is 23.8 Å². The average Bonchev–Trinajstić information content (AvgIpc) is 2.35. The first kappa shape index (κ1) is 13.9. The van der Waals surface area contributed by atoms with Crippen molar-refractivity contribution in [2.75, 3.05) is 21.3 Å². The van der Waals surface area contributed by atoms with Crippen molar-refractivity contribution in [3.8, 4) is 17.2 Å². The number of allylic oxidation sites excluding steroid dienone is 1. The first-order valence-electron chi connectivity index (χ1n) is 5.25. The van der Waals surface area contributed by atoms with E-state index >= 15 is 0 Å². The van der Waals surface area contributed by atoms with Gasteiger partial charge in [0.25, 0.3) is 0 Å². The molecule has 0 unspecified atom stereocenters. The Balaban J connectivity index is 3.42. The molecule has 0 aliphatic carbocycles. The van der Waals surface area contributed by atoms with Crippen LogP contribution in [-0.4, -0.2) is 32.4 Å². The van der Waals surface area contributed by atoms with Crippen LogP contribution in [0.15, 0.2) is 18.2 Å². The zero-order valence-electron chi connectivity index (χ0n) is 10.8. The molecule has 0 saturated heterocycles. The molecule has 0 spiro atoms. The van der Waals surface area contributed by atoms with Crippen molar-refractivity contribution in [2.45, 2.75) is 6.92 Å². The van der Waals surface area contributed by atoms with Crippen molar-refractivity contribution >= 4 is 11.5 Å². The Morgan fingerprint density at radius 2 is 1.72 bits per heavy atom. The minimum atomic E-state index is -1.01. The summed E-state index contributed by atoms with van der Waals surface area (Å²) in [4.78, 5) is 10.7. The molecular formula is C13H16O5. The lowest BCUT2D eigenvalue weighted by molar-refractivity contribution is -0.131. The Hall–Kier alpha value is -2.17. The second-order valence-electron chi connectivity index (χ2n) is 3.55. The number of hydrogen-bond acceptors (Lipinski definition) is 4. The van der Waals surface area contributed by atoms with Gasteiger partial charge in [-0.15, -0.1) is 0 Å². The maximum Gasteiger partial charge on any atom is 0.328 e. The molecule has 0 radical (unpaired) electrons. The topological polar surface area (TPSA) is 65.0 Å². The fraction of sp³-hybridized carbons (Fsp3) is 0.308. The van der Waals surface area contributed by atoms with Gasteiger partial charge in [0.15, 0.2) is 11.5 Å². The van der Waals surface area contributed by atoms with Gasteiger partial charge in [0.05, 0.1) is 21.3 Å². The van der Waals surface area contributed by atoms with Gasteiger partial charge in [-0.1, -0.05) is 0 Å². The summed E-state index contributed by atoms with van der Waals surface area (Å²) in [6.45, 7) is 1.69. The number of carboxylic acids is 1. The molecule has 98 valence electrons. The average molecular weight is 252 g/mol. The van der Waals surface area contributed by atoms with Gasteiger partial charge in [-0.2, -0.15) is 0 Å². The normalized spacial score (nSPS) is 11.0. The fourth-order valence-electron chi connectivity index (χ4n) is 1.67. The lowest BCUT2D eigenvalue weighted by Gasteiger charge is -2.15. The zero-order valence-corrected chi connectivity index (χ0v) is 10.8. The van der Waals surface area contributed by atoms with E-state index in [2.05, 4.69) is 0 Å². The van der Waals surface area contributed by atoms with Crippen molar-refractivity contribution in [1.29, 1.82) is 0 Å². The number of benzene rings is 1. The zero-order chi connectivity index (χ0) is 13.7. The molecule has 0 atom stereocenters. The second kappa shape index (κ2) is 5.95. The van der Waals surface area contributed by atoms with Crippen molar-refractivity contribution in [2.24, 2.45) is 0 Å². The summed E-state index contributed by atoms with van der Waals surface area (Å²) >= 11 is 0. The second-order valence-corrected chi connectivity index (χ2v) is 3.55. The van der Waals surface area contributed by atoms with Gasteiger partial charge < -0.3 is 19.3 Å². The third-order valence-electron chi connectivity index (χ3n) is 2.47. The van der Waals surface area contributed by atoms with E-state index in [-0.39, 0.29) is 0 Å². The van der Waals surface area contributed by atoms with Crippen LogP contribution >= 0.6 is 0 Å². The summed E-state index contributed by atoms with van der Waals surface area (Å²) < 4.78 is 15.7. The SMILES string of the molecule is COc1ccc(/C(C)=C/C(=O)O)c(OC)c1OC. The lowest BCUT2D eigenvalue weighted by Crippen LogP contribution is -1.99. The number of hydrogen-bond donors (Lipinski definition) is 1. The summed E-state index contributed by atoms with van der Waals surface area (Å²) in [5.41, 5.74) is 1.22. The van der Waals surface area contributed by atoms with Crippen LogP contribution < -0.4 is 14.2 Å². The third kappa shape index (κ3) is 2.74. The van der Waals surface area contributed by atoms with E-state index in [4.69, 9.17) is 19.3 Å². The summed E-state index contributed by atoms with van der Waals surface area (Å²) in [5, 5.41) is 8.76. The van der Waals surface area contributed by atoms with E-state index in [1.165, 1.54) is 21.3 Å². The monoisotopic (exact) mass is 252 g/mol. The molecule has 1 N–H and O–H groups in total. The number of aliphatic carboxylic acids is 1. The maximum absolute atomic E-state index is 10.7. The number of carboxylic acid groups (broad SMARTS) is 1. The van der Waals surface area contributed by atoms with Gasteiger partial charge >= 0.3 is 5.97 Å². The molecule has 0 aromatic heterocycles. The first-order chi connectivity index (χ1) is 8.54. The Kier molecular flexibility index (Phi) is 4.59. The number of carbonyl (C=O) groups is 1. The van der Waals surface area contributed by atoms with Crippen LogP contribution in [0.5, 0.6) is 17.2 Å². The minimum Gasteiger partial charge on any atom is -0.493 e. The smallest absolute Gasteiger partial charge is 0.328 e. The van der Waals surface area contributed by atoms with Crippen LogP contribution in [0.1, 0.15) is 12.5 Å². The molecular weight excluding hydrogens is 236 g/mol. The summed E-state index contributed by atoms with van der Waals surface area (Å²) in [5.74, 6) is 0.410. The predicted molar refractivity (Wildman–Crippen MR) is 67.4 cm³/mol. The van der Waals surface area contributed by atoms with Crippen molar-refractivity contribution in [1.82, 2.24) is 0 Å². The highest BCUT2D eigenvalue weighted by atomic mass is 16.5. The van der Waals surface area contributed by atoms with Crippen LogP contribution in [-0.2, 0) is 4.79 Å². The third-order valence-corrected chi connectivity index (χ3v) is 2.47. The maximum atomic E-state index is 10.7. The largest absolute Gasteiger partial charge is 0.493 e. The van der Waals surface area contributed by atoms with E-state index in [0.29, 0.717) is 28.4 Å². The molecule has 1 aromatic rings. The molecule has 0 heterocycles. The number of rotatable bonds is 5. The first-order valence-corrected chi connectivity index (χ1v) is 5.25. The van der Waals surface area contributed by atoms with Gasteiger partial charge in [0.2, 0.25) is 5.75 Å². The van der Waals surface area contributed by atoms with Gasteiger partial charge in [0, 0.05) is 11.6 Å². The standard InChI is InChI=1S/C13H16O5/c1-8(7-11(14)15)9-5-6-10(16-2)13(18-4)12(9)17-3/h5-7H,1-4H3,(H,14,15)/b8-7+. The minimum absolute atomic E-state index is 0.440. The van der Waals surface area contributed by atoms with E-state index in [9.17, 15) is 4.79 Å². The molecule has 5 nitrogen and oxygen atoms in total. The predicted octanol–water partition coefficient (Wildman–Crippen LogP) is 2.20. The molecule has 0 fully saturated rings. The fourth-order valence-corrected chi connectivity index (χ4v) is 1.67. The van der Waals surface area contributed by atoms with E-state index in [1.807, 2.05) is 0 Å². The Bertz CT molecular complexity index is 477. The number of methoxy groups -OCH3 is 3. The van der Waals surface area contributed by atoms with Gasteiger partial charge in [0.1, 0.15) is 0 Å². The Morgan fingerprint density at radius 3 is 2.17 bits per heavy atom. The van der Waals surface area contributed by atoms with E-state index in [0.717, 1.165) is 6.08 Å². The molecule has 0 saturated carbocycles. The summed E-state index contributed by atoms with van der Waals surface area (Å²) in [6.07, 6.45) is 1.11. The molecule has 1 rings (SSSR count). The van der Waals surface area contributed by atoms with E-state index < -0.39 is 5.97 Å². The van der Waals surface area contributed by atoms with Gasteiger partial charge in [-0.3, -0.25) is 0 Å². The van der Waals surface area contributed by atoms with Gasteiger partial charge in [-0.25, -0.2) is 4.79 Å². The summed E-state index contributed by atoms with van der Waals surface area (Å²) in [7, 11) is 4.52. The quantitative estimate of drug-likeness (QED) is 0.814. The van der Waals surface area contributed by atoms with Crippen molar-refractivity contribution in [3.63, 3.8) is 0 Å². The highest BCUT2D eigenvalue weighted by Gasteiger charge is 2.16. The lowest BCUT2D eigenvalue weighted by atomic mass is 10.0. The highest BCUT2D eigenvalue weighted by Crippen LogP contribution is 2.42. The van der Waals surface area contributed by atoms with Crippen molar-refractivity contribution < 1.29 is 24.1 Å². The van der Waals surface area contributed by atoms with Crippen LogP contribution in [0, 0.1) is 0 Å². The highest BCUT2D eigenvalue weighted by molar-refractivity contribution is 5.91. The molecule has 0 aliphatic rings. The van der Waals surface area contributed by atoms with Crippen LogP contribution in [0.25, 0.3) is 5.57 Å². The molecule has 0 aliphatic heterocycles. The molecule has 1 aromatic carbocycles. The van der Waals surface area contributed by atoms with Gasteiger partial charge in [-0.05, 0) is 24.6 Å². The van der Waals surface area contributed by atoms with Crippen LogP contribution in [0.3, 0.4) is 0 Å². The molecule has 0 amide bonds. The van der Waals surface area contributed by atoms with E-state index in [1.54, 1.807) is 19.1 Å². The van der Waals surface area contributed by atoms with Crippen LogP contribution in [0.4, 0.5) is 0 Å².